The minimum Gasteiger partial charge on any atom is -0.395 e. The van der Waals surface area contributed by atoms with Gasteiger partial charge in [0, 0.05) is 60.1 Å². The molecule has 34 heavy (non-hydrogen) atoms. The van der Waals surface area contributed by atoms with Crippen molar-refractivity contribution in [1.82, 2.24) is 20.3 Å². The summed E-state index contributed by atoms with van der Waals surface area (Å²) in [6.45, 7) is 0.950. The first-order valence-corrected chi connectivity index (χ1v) is 10.9. The summed E-state index contributed by atoms with van der Waals surface area (Å²) >= 11 is 0. The van der Waals surface area contributed by atoms with Gasteiger partial charge in [-0.25, -0.2) is 9.97 Å². The molecule has 0 unspecified atom stereocenters. The molecule has 0 saturated carbocycles. The SMILES string of the molecule is CN(CCO)c1nccc(-c2ccc(C(=O)NCCc3ccc4[nH]cc(C(=N)N)c4c3)cc2)n1. The molecule has 2 aromatic carbocycles. The minimum atomic E-state index is -0.148. The van der Waals surface area contributed by atoms with Gasteiger partial charge >= 0.3 is 0 Å². The lowest BCUT2D eigenvalue weighted by Crippen LogP contribution is -2.25. The number of hydrogen-bond acceptors (Lipinski definition) is 6. The lowest BCUT2D eigenvalue weighted by atomic mass is 10.1. The maximum atomic E-state index is 12.6. The van der Waals surface area contributed by atoms with Gasteiger partial charge in [-0.05, 0) is 42.3 Å². The summed E-state index contributed by atoms with van der Waals surface area (Å²) in [5, 5.41) is 20.7. The fourth-order valence-corrected chi connectivity index (χ4v) is 3.70. The Bertz CT molecular complexity index is 1310. The van der Waals surface area contributed by atoms with Crippen LogP contribution in [-0.2, 0) is 6.42 Å². The molecular weight excluding hydrogens is 430 g/mol. The Hall–Kier alpha value is -4.24. The normalized spacial score (nSPS) is 10.9. The Morgan fingerprint density at radius 1 is 1.21 bits per heavy atom. The molecule has 0 fully saturated rings. The molecule has 4 rings (SSSR count). The number of rotatable bonds is 9. The summed E-state index contributed by atoms with van der Waals surface area (Å²) in [6.07, 6.45) is 4.07. The average molecular weight is 458 g/mol. The van der Waals surface area contributed by atoms with E-state index in [-0.39, 0.29) is 18.3 Å². The second-order valence-corrected chi connectivity index (χ2v) is 7.97. The van der Waals surface area contributed by atoms with Crippen molar-refractivity contribution in [2.75, 3.05) is 31.6 Å². The van der Waals surface area contributed by atoms with Crippen molar-refractivity contribution in [3.05, 3.63) is 77.6 Å². The van der Waals surface area contributed by atoms with E-state index >= 15 is 0 Å². The van der Waals surface area contributed by atoms with E-state index < -0.39 is 0 Å². The molecule has 0 atom stereocenters. The molecule has 6 N–H and O–H groups in total. The van der Waals surface area contributed by atoms with Crippen molar-refractivity contribution in [3.8, 4) is 11.3 Å². The number of nitrogens with zero attached hydrogens (tertiary/aromatic N) is 3. The Morgan fingerprint density at radius 2 is 2.00 bits per heavy atom. The number of H-pyrrole nitrogens is 1. The van der Waals surface area contributed by atoms with Gasteiger partial charge in [0.05, 0.1) is 12.3 Å². The number of carbonyl (C=O) groups excluding carboxylic acids is 1. The van der Waals surface area contributed by atoms with Crippen LogP contribution in [-0.4, -0.2) is 58.5 Å². The first-order valence-electron chi connectivity index (χ1n) is 10.9. The molecule has 2 aromatic heterocycles. The van der Waals surface area contributed by atoms with Gasteiger partial charge in [-0.1, -0.05) is 18.2 Å². The number of aliphatic hydroxyl groups excluding tert-OH is 1. The molecule has 9 nitrogen and oxygen atoms in total. The van der Waals surface area contributed by atoms with Gasteiger partial charge in [-0.15, -0.1) is 0 Å². The fourth-order valence-electron chi connectivity index (χ4n) is 3.70. The lowest BCUT2D eigenvalue weighted by Gasteiger charge is -2.15. The predicted molar refractivity (Wildman–Crippen MR) is 133 cm³/mol. The third-order valence-electron chi connectivity index (χ3n) is 5.60. The van der Waals surface area contributed by atoms with Crippen molar-refractivity contribution in [1.29, 1.82) is 5.41 Å². The van der Waals surface area contributed by atoms with Gasteiger partial charge in [-0.2, -0.15) is 0 Å². The first kappa shape index (κ1) is 22.9. The summed E-state index contributed by atoms with van der Waals surface area (Å²) < 4.78 is 0. The smallest absolute Gasteiger partial charge is 0.251 e. The molecular formula is C25H27N7O2. The van der Waals surface area contributed by atoms with Crippen molar-refractivity contribution in [2.45, 2.75) is 6.42 Å². The zero-order valence-electron chi connectivity index (χ0n) is 18.9. The van der Waals surface area contributed by atoms with Crippen LogP contribution in [0.2, 0.25) is 0 Å². The molecule has 0 aliphatic carbocycles. The van der Waals surface area contributed by atoms with Crippen molar-refractivity contribution in [2.24, 2.45) is 5.73 Å². The fraction of sp³-hybridized carbons (Fsp3) is 0.200. The molecule has 174 valence electrons. The number of benzene rings is 2. The molecule has 0 aliphatic rings. The number of aromatic nitrogens is 3. The summed E-state index contributed by atoms with van der Waals surface area (Å²) in [4.78, 5) is 26.3. The minimum absolute atomic E-state index is 0.0219. The molecule has 0 radical (unpaired) electrons. The van der Waals surface area contributed by atoms with Gasteiger partial charge in [0.25, 0.3) is 5.91 Å². The number of aliphatic hydroxyl groups is 1. The second kappa shape index (κ2) is 10.1. The van der Waals surface area contributed by atoms with Gasteiger partial charge in [0.15, 0.2) is 0 Å². The van der Waals surface area contributed by atoms with Crippen LogP contribution in [0.15, 0.2) is 60.9 Å². The van der Waals surface area contributed by atoms with Crippen LogP contribution >= 0.6 is 0 Å². The van der Waals surface area contributed by atoms with E-state index in [1.165, 1.54) is 0 Å². The molecule has 0 aliphatic heterocycles. The van der Waals surface area contributed by atoms with Crippen LogP contribution in [0, 0.1) is 5.41 Å². The quantitative estimate of drug-likeness (QED) is 0.193. The number of fused-ring (bicyclic) bond motifs is 1. The zero-order valence-corrected chi connectivity index (χ0v) is 18.9. The summed E-state index contributed by atoms with van der Waals surface area (Å²) in [5.41, 5.74) is 10.5. The lowest BCUT2D eigenvalue weighted by molar-refractivity contribution is 0.0954. The molecule has 0 spiro atoms. The Kier molecular flexibility index (Phi) is 6.84. The number of amides is 1. The van der Waals surface area contributed by atoms with E-state index in [0.29, 0.717) is 36.6 Å². The Morgan fingerprint density at radius 3 is 2.74 bits per heavy atom. The van der Waals surface area contributed by atoms with Crippen LogP contribution in [0.25, 0.3) is 22.2 Å². The largest absolute Gasteiger partial charge is 0.395 e. The number of carbonyl (C=O) groups is 1. The Balaban J connectivity index is 1.37. The predicted octanol–water partition coefficient (Wildman–Crippen LogP) is 2.31. The maximum absolute atomic E-state index is 12.6. The number of amidine groups is 1. The van der Waals surface area contributed by atoms with Crippen LogP contribution < -0.4 is 16.0 Å². The van der Waals surface area contributed by atoms with Gasteiger partial charge < -0.3 is 26.0 Å². The average Bonchev–Trinajstić information content (AvgIpc) is 3.28. The van der Waals surface area contributed by atoms with Crippen LogP contribution in [0.1, 0.15) is 21.5 Å². The number of aromatic amines is 1. The standard InChI is InChI=1S/C25H27N7O2/c1-32(12-13-33)25-29-11-9-21(31-25)17-3-5-18(6-4-17)24(34)28-10-8-16-2-7-22-19(14-16)20(15-30-22)23(26)27/h2-7,9,11,14-15,30,33H,8,10,12-13H2,1H3,(H3,26,27)(H,28,34). The summed E-state index contributed by atoms with van der Waals surface area (Å²) in [5.74, 6) is 0.405. The number of nitrogens with one attached hydrogen (secondary N) is 3. The monoisotopic (exact) mass is 457 g/mol. The van der Waals surface area contributed by atoms with Crippen molar-refractivity contribution < 1.29 is 9.90 Å². The van der Waals surface area contributed by atoms with E-state index in [1.54, 1.807) is 29.4 Å². The molecule has 1 amide bonds. The summed E-state index contributed by atoms with van der Waals surface area (Å²) in [6, 6.07) is 15.0. The molecule has 2 heterocycles. The highest BCUT2D eigenvalue weighted by Crippen LogP contribution is 2.21. The number of nitrogen functional groups attached to an aromatic ring is 1. The number of likely N-dealkylation sites (N-methyl/N-ethyl adjacent to an activating group) is 1. The highest BCUT2D eigenvalue weighted by molar-refractivity contribution is 6.07. The summed E-state index contributed by atoms with van der Waals surface area (Å²) in [7, 11) is 1.82. The second-order valence-electron chi connectivity index (χ2n) is 7.97. The topological polar surface area (TPSA) is 144 Å². The maximum Gasteiger partial charge on any atom is 0.251 e. The van der Waals surface area contributed by atoms with E-state index in [9.17, 15) is 4.79 Å². The molecule has 9 heteroatoms. The molecule has 0 saturated heterocycles. The van der Waals surface area contributed by atoms with E-state index in [2.05, 4.69) is 20.3 Å². The van der Waals surface area contributed by atoms with Crippen molar-refractivity contribution in [3.63, 3.8) is 0 Å². The van der Waals surface area contributed by atoms with E-state index in [0.717, 1.165) is 27.7 Å². The zero-order chi connectivity index (χ0) is 24.1. The highest BCUT2D eigenvalue weighted by atomic mass is 16.3. The molecule has 4 aromatic rings. The third kappa shape index (κ3) is 5.05. The first-order chi connectivity index (χ1) is 16.5. The third-order valence-corrected chi connectivity index (χ3v) is 5.60. The Labute approximate surface area is 197 Å². The van der Waals surface area contributed by atoms with E-state index in [1.807, 2.05) is 43.4 Å². The van der Waals surface area contributed by atoms with Gasteiger partial charge in [-0.3, -0.25) is 10.2 Å². The van der Waals surface area contributed by atoms with Crippen molar-refractivity contribution >= 4 is 28.6 Å². The van der Waals surface area contributed by atoms with E-state index in [4.69, 9.17) is 16.2 Å². The van der Waals surface area contributed by atoms with Gasteiger partial charge in [0.1, 0.15) is 5.84 Å². The molecule has 0 bridgehead atoms. The number of nitrogens with two attached hydrogens (primary N) is 1. The highest BCUT2D eigenvalue weighted by Gasteiger charge is 2.10. The van der Waals surface area contributed by atoms with Crippen LogP contribution in [0.5, 0.6) is 0 Å². The van der Waals surface area contributed by atoms with Gasteiger partial charge in [0.2, 0.25) is 5.95 Å². The number of hydrogen-bond donors (Lipinski definition) is 5. The number of anilines is 1. The van der Waals surface area contributed by atoms with Crippen LogP contribution in [0.4, 0.5) is 5.95 Å². The van der Waals surface area contributed by atoms with Crippen LogP contribution in [0.3, 0.4) is 0 Å².